The first kappa shape index (κ1) is 14.4. The first-order valence-electron chi connectivity index (χ1n) is 6.43. The van der Waals surface area contributed by atoms with Crippen molar-refractivity contribution in [2.24, 2.45) is 5.10 Å². The van der Waals surface area contributed by atoms with Gasteiger partial charge in [-0.1, -0.05) is 0 Å². The number of esters is 1. The van der Waals surface area contributed by atoms with Crippen molar-refractivity contribution in [3.8, 4) is 0 Å². The number of carbonyl (C=O) groups excluding carboxylic acids is 3. The van der Waals surface area contributed by atoms with Crippen LogP contribution in [0.5, 0.6) is 0 Å². The Labute approximate surface area is 116 Å². The van der Waals surface area contributed by atoms with Gasteiger partial charge in [0, 0.05) is 25.9 Å². The van der Waals surface area contributed by atoms with Crippen LogP contribution in [0, 0.1) is 0 Å². The molecule has 1 atom stereocenters. The predicted molar refractivity (Wildman–Crippen MR) is 67.8 cm³/mol. The van der Waals surface area contributed by atoms with Crippen LogP contribution in [0.15, 0.2) is 5.10 Å². The molecule has 0 aromatic carbocycles. The largest absolute Gasteiger partial charge is 0.469 e. The van der Waals surface area contributed by atoms with Gasteiger partial charge in [-0.25, -0.2) is 5.43 Å². The SMILES string of the molecule is COC(=O)CC1CN(C(=O)C2=NNC(=O)CC2)CCO1. The highest BCUT2D eigenvalue weighted by Crippen LogP contribution is 2.12. The number of hydrogen-bond donors (Lipinski definition) is 1. The minimum atomic E-state index is -0.369. The van der Waals surface area contributed by atoms with Crippen molar-refractivity contribution < 1.29 is 23.9 Å². The highest BCUT2D eigenvalue weighted by molar-refractivity contribution is 6.39. The van der Waals surface area contributed by atoms with Gasteiger partial charge in [-0.3, -0.25) is 14.4 Å². The lowest BCUT2D eigenvalue weighted by atomic mass is 10.1. The summed E-state index contributed by atoms with van der Waals surface area (Å²) in [5.74, 6) is -0.776. The molecule has 0 aliphatic carbocycles. The minimum Gasteiger partial charge on any atom is -0.469 e. The summed E-state index contributed by atoms with van der Waals surface area (Å²) in [6, 6.07) is 0. The molecule has 0 aromatic heterocycles. The zero-order chi connectivity index (χ0) is 14.5. The molecule has 1 saturated heterocycles. The number of methoxy groups -OCH3 is 1. The molecule has 2 heterocycles. The Hall–Kier alpha value is -1.96. The quantitative estimate of drug-likeness (QED) is 0.673. The van der Waals surface area contributed by atoms with E-state index in [9.17, 15) is 14.4 Å². The first-order chi connectivity index (χ1) is 9.60. The van der Waals surface area contributed by atoms with Crippen molar-refractivity contribution in [2.75, 3.05) is 26.8 Å². The number of hydrazone groups is 1. The Morgan fingerprint density at radius 3 is 2.95 bits per heavy atom. The highest BCUT2D eigenvalue weighted by atomic mass is 16.5. The molecule has 1 unspecified atom stereocenters. The van der Waals surface area contributed by atoms with E-state index in [0.717, 1.165) is 0 Å². The number of hydrogen-bond acceptors (Lipinski definition) is 6. The van der Waals surface area contributed by atoms with E-state index in [1.807, 2.05) is 0 Å². The van der Waals surface area contributed by atoms with Gasteiger partial charge in [0.05, 0.1) is 26.2 Å². The fourth-order valence-electron chi connectivity index (χ4n) is 2.11. The summed E-state index contributed by atoms with van der Waals surface area (Å²) in [6.07, 6.45) is 0.354. The van der Waals surface area contributed by atoms with E-state index < -0.39 is 0 Å². The predicted octanol–water partition coefficient (Wildman–Crippen LogP) is -0.957. The number of nitrogens with one attached hydrogen (secondary N) is 1. The molecule has 2 aliphatic heterocycles. The number of carbonyl (C=O) groups is 3. The first-order valence-corrected chi connectivity index (χ1v) is 6.43. The molecule has 0 radical (unpaired) electrons. The lowest BCUT2D eigenvalue weighted by Gasteiger charge is -2.33. The zero-order valence-corrected chi connectivity index (χ0v) is 11.3. The fraction of sp³-hybridized carbons (Fsp3) is 0.667. The van der Waals surface area contributed by atoms with Gasteiger partial charge in [-0.05, 0) is 0 Å². The lowest BCUT2D eigenvalue weighted by Crippen LogP contribution is -2.49. The molecule has 110 valence electrons. The van der Waals surface area contributed by atoms with Crippen molar-refractivity contribution in [2.45, 2.75) is 25.4 Å². The van der Waals surface area contributed by atoms with Crippen LogP contribution in [0.2, 0.25) is 0 Å². The Morgan fingerprint density at radius 1 is 1.50 bits per heavy atom. The van der Waals surface area contributed by atoms with Crippen molar-refractivity contribution in [1.29, 1.82) is 0 Å². The van der Waals surface area contributed by atoms with Crippen LogP contribution in [-0.4, -0.2) is 61.3 Å². The molecule has 8 heteroatoms. The summed E-state index contributed by atoms with van der Waals surface area (Å²) in [5.41, 5.74) is 2.64. The Morgan fingerprint density at radius 2 is 2.30 bits per heavy atom. The standard InChI is InChI=1S/C12H17N3O5/c1-19-11(17)6-8-7-15(4-5-20-8)12(18)9-2-3-10(16)14-13-9/h8H,2-7H2,1H3,(H,14,16). The number of morpholine rings is 1. The number of amides is 2. The summed E-state index contributed by atoms with van der Waals surface area (Å²) >= 11 is 0. The van der Waals surface area contributed by atoms with Gasteiger partial charge >= 0.3 is 5.97 Å². The molecule has 1 N–H and O–H groups in total. The van der Waals surface area contributed by atoms with Crippen LogP contribution in [0.25, 0.3) is 0 Å². The molecule has 2 rings (SSSR count). The Bertz CT molecular complexity index is 448. The van der Waals surface area contributed by atoms with Gasteiger partial charge in [-0.15, -0.1) is 0 Å². The van der Waals surface area contributed by atoms with E-state index in [-0.39, 0.29) is 36.7 Å². The molecule has 2 aliphatic rings. The molecule has 0 saturated carbocycles. The molecule has 20 heavy (non-hydrogen) atoms. The Balaban J connectivity index is 1.93. The van der Waals surface area contributed by atoms with E-state index in [0.29, 0.717) is 31.8 Å². The van der Waals surface area contributed by atoms with Crippen LogP contribution in [0.1, 0.15) is 19.3 Å². The minimum absolute atomic E-state index is 0.115. The van der Waals surface area contributed by atoms with E-state index in [4.69, 9.17) is 4.74 Å². The van der Waals surface area contributed by atoms with Crippen molar-refractivity contribution in [3.05, 3.63) is 0 Å². The van der Waals surface area contributed by atoms with E-state index in [1.54, 1.807) is 4.90 Å². The molecular weight excluding hydrogens is 266 g/mol. The van der Waals surface area contributed by atoms with Crippen LogP contribution < -0.4 is 5.43 Å². The summed E-state index contributed by atoms with van der Waals surface area (Å²) in [7, 11) is 1.31. The molecule has 8 nitrogen and oxygen atoms in total. The number of ether oxygens (including phenoxy) is 2. The molecular formula is C12H17N3O5. The summed E-state index contributed by atoms with van der Waals surface area (Å²) in [6.45, 7) is 1.14. The second kappa shape index (κ2) is 6.47. The highest BCUT2D eigenvalue weighted by Gasteiger charge is 2.29. The van der Waals surface area contributed by atoms with Gasteiger partial charge in [0.25, 0.3) is 5.91 Å². The maximum Gasteiger partial charge on any atom is 0.308 e. The monoisotopic (exact) mass is 283 g/mol. The second-order valence-corrected chi connectivity index (χ2v) is 4.62. The summed E-state index contributed by atoms with van der Waals surface area (Å²) < 4.78 is 10.0. The molecule has 0 spiro atoms. The maximum atomic E-state index is 12.2. The third-order valence-electron chi connectivity index (χ3n) is 3.20. The van der Waals surface area contributed by atoms with Crippen LogP contribution in [0.3, 0.4) is 0 Å². The van der Waals surface area contributed by atoms with E-state index in [1.165, 1.54) is 7.11 Å². The van der Waals surface area contributed by atoms with Gasteiger partial charge in [-0.2, -0.15) is 5.10 Å². The topological polar surface area (TPSA) is 97.3 Å². The molecule has 0 bridgehead atoms. The average Bonchev–Trinajstić information content (AvgIpc) is 2.47. The summed E-state index contributed by atoms with van der Waals surface area (Å²) in [5, 5.41) is 3.78. The third kappa shape index (κ3) is 3.53. The van der Waals surface area contributed by atoms with Gasteiger partial charge in [0.1, 0.15) is 5.71 Å². The molecule has 0 aromatic rings. The zero-order valence-electron chi connectivity index (χ0n) is 11.3. The van der Waals surface area contributed by atoms with Crippen molar-refractivity contribution in [1.82, 2.24) is 10.3 Å². The molecule has 2 amide bonds. The number of nitrogens with zero attached hydrogens (tertiary/aromatic N) is 2. The molecule has 1 fully saturated rings. The van der Waals surface area contributed by atoms with Gasteiger partial charge < -0.3 is 14.4 Å². The smallest absolute Gasteiger partial charge is 0.308 e. The fourth-order valence-corrected chi connectivity index (χ4v) is 2.11. The van der Waals surface area contributed by atoms with Gasteiger partial charge in [0.15, 0.2) is 0 Å². The number of rotatable bonds is 3. The van der Waals surface area contributed by atoms with Crippen molar-refractivity contribution in [3.63, 3.8) is 0 Å². The van der Waals surface area contributed by atoms with Crippen LogP contribution in [0.4, 0.5) is 0 Å². The van der Waals surface area contributed by atoms with E-state index in [2.05, 4.69) is 15.3 Å². The maximum absolute atomic E-state index is 12.2. The van der Waals surface area contributed by atoms with Crippen LogP contribution >= 0.6 is 0 Å². The average molecular weight is 283 g/mol. The second-order valence-electron chi connectivity index (χ2n) is 4.62. The van der Waals surface area contributed by atoms with Crippen molar-refractivity contribution >= 4 is 23.5 Å². The Kier molecular flexibility index (Phi) is 4.67. The third-order valence-corrected chi connectivity index (χ3v) is 3.20. The summed E-state index contributed by atoms with van der Waals surface area (Å²) in [4.78, 5) is 36.0. The van der Waals surface area contributed by atoms with Gasteiger partial charge in [0.2, 0.25) is 5.91 Å². The van der Waals surface area contributed by atoms with E-state index >= 15 is 0 Å². The lowest BCUT2D eigenvalue weighted by molar-refractivity contribution is -0.148. The normalized spacial score (nSPS) is 22.9. The van der Waals surface area contributed by atoms with Crippen LogP contribution in [-0.2, 0) is 23.9 Å².